The van der Waals surface area contributed by atoms with Gasteiger partial charge in [0.15, 0.2) is 5.78 Å². The summed E-state index contributed by atoms with van der Waals surface area (Å²) in [4.78, 5) is 16.5. The van der Waals surface area contributed by atoms with Crippen LogP contribution in [0.2, 0.25) is 0 Å². The molecule has 5 heteroatoms. The van der Waals surface area contributed by atoms with Crippen LogP contribution in [0.4, 0.5) is 0 Å². The molecule has 0 atom stereocenters. The van der Waals surface area contributed by atoms with Gasteiger partial charge in [-0.25, -0.2) is 0 Å². The van der Waals surface area contributed by atoms with E-state index < -0.39 is 0 Å². The number of carbonyl (C=O) groups is 1. The normalized spacial score (nSPS) is 10.9. The van der Waals surface area contributed by atoms with Crippen LogP contribution in [0, 0.1) is 0 Å². The molecule has 0 aromatic carbocycles. The molecular formula is C13H14BrN3O. The summed E-state index contributed by atoms with van der Waals surface area (Å²) in [6, 6.07) is 5.72. The van der Waals surface area contributed by atoms with Crippen molar-refractivity contribution in [1.82, 2.24) is 14.8 Å². The summed E-state index contributed by atoms with van der Waals surface area (Å²) in [6.45, 7) is 3.99. The van der Waals surface area contributed by atoms with E-state index in [1.807, 2.05) is 32.0 Å². The van der Waals surface area contributed by atoms with Gasteiger partial charge in [-0.2, -0.15) is 5.10 Å². The van der Waals surface area contributed by atoms with Crippen LogP contribution in [-0.2, 0) is 6.42 Å². The first-order chi connectivity index (χ1) is 8.59. The maximum absolute atomic E-state index is 12.3. The van der Waals surface area contributed by atoms with Gasteiger partial charge in [0.1, 0.15) is 5.69 Å². The van der Waals surface area contributed by atoms with Crippen molar-refractivity contribution in [3.63, 3.8) is 0 Å². The van der Waals surface area contributed by atoms with Gasteiger partial charge in [0.05, 0.1) is 17.1 Å². The van der Waals surface area contributed by atoms with Crippen LogP contribution in [0.15, 0.2) is 35.1 Å². The third-order valence-corrected chi connectivity index (χ3v) is 3.15. The molecule has 0 amide bonds. The van der Waals surface area contributed by atoms with E-state index in [9.17, 15) is 4.79 Å². The summed E-state index contributed by atoms with van der Waals surface area (Å²) >= 11 is 3.37. The van der Waals surface area contributed by atoms with E-state index in [1.54, 1.807) is 17.1 Å². The van der Waals surface area contributed by atoms with Crippen LogP contribution in [0.25, 0.3) is 0 Å². The fourth-order valence-electron chi connectivity index (χ4n) is 1.74. The molecule has 0 N–H and O–H groups in total. The minimum Gasteiger partial charge on any atom is -0.292 e. The summed E-state index contributed by atoms with van der Waals surface area (Å²) < 4.78 is 2.46. The van der Waals surface area contributed by atoms with Crippen LogP contribution in [0.3, 0.4) is 0 Å². The van der Waals surface area contributed by atoms with Crippen molar-refractivity contribution in [2.45, 2.75) is 26.3 Å². The quantitative estimate of drug-likeness (QED) is 0.816. The summed E-state index contributed by atoms with van der Waals surface area (Å²) in [7, 11) is 0. The number of Topliss-reactive ketones (excluding diaryl/α,β-unsaturated/α-hetero) is 1. The summed E-state index contributed by atoms with van der Waals surface area (Å²) in [5.74, 6) is 0.0202. The standard InChI is InChI=1S/C13H14BrN3O/c1-9(2)17-13(11(14)8-16-17)12(18)7-10-5-3-4-6-15-10/h3-6,8-9H,7H2,1-2H3. The van der Waals surface area contributed by atoms with Crippen LogP contribution >= 0.6 is 15.9 Å². The van der Waals surface area contributed by atoms with Gasteiger partial charge in [0.25, 0.3) is 0 Å². The molecule has 0 aliphatic carbocycles. The predicted molar refractivity (Wildman–Crippen MR) is 72.6 cm³/mol. The smallest absolute Gasteiger partial charge is 0.187 e. The lowest BCUT2D eigenvalue weighted by Gasteiger charge is -2.10. The molecular weight excluding hydrogens is 294 g/mol. The van der Waals surface area contributed by atoms with Gasteiger partial charge >= 0.3 is 0 Å². The monoisotopic (exact) mass is 307 g/mol. The number of pyridine rings is 1. The van der Waals surface area contributed by atoms with Gasteiger partial charge in [0, 0.05) is 17.9 Å². The van der Waals surface area contributed by atoms with Crippen LogP contribution in [-0.4, -0.2) is 20.5 Å². The summed E-state index contributed by atoms with van der Waals surface area (Å²) in [6.07, 6.45) is 3.64. The molecule has 0 aliphatic heterocycles. The molecule has 0 saturated carbocycles. The minimum absolute atomic E-state index is 0.0202. The highest BCUT2D eigenvalue weighted by atomic mass is 79.9. The number of carbonyl (C=O) groups excluding carboxylic acids is 1. The Morgan fingerprint density at radius 3 is 2.83 bits per heavy atom. The van der Waals surface area contributed by atoms with E-state index in [-0.39, 0.29) is 18.2 Å². The Balaban J connectivity index is 2.27. The average Bonchev–Trinajstić information content (AvgIpc) is 2.72. The molecule has 0 radical (unpaired) electrons. The maximum atomic E-state index is 12.3. The van der Waals surface area contributed by atoms with Gasteiger partial charge in [-0.3, -0.25) is 14.5 Å². The number of hydrogen-bond donors (Lipinski definition) is 0. The number of ketones is 1. The second kappa shape index (κ2) is 5.44. The van der Waals surface area contributed by atoms with Gasteiger partial charge in [-0.1, -0.05) is 6.07 Å². The lowest BCUT2D eigenvalue weighted by Crippen LogP contribution is -2.15. The first-order valence-electron chi connectivity index (χ1n) is 5.75. The van der Waals surface area contributed by atoms with Gasteiger partial charge in [-0.05, 0) is 41.9 Å². The topological polar surface area (TPSA) is 47.8 Å². The Labute approximate surface area is 114 Å². The third-order valence-electron chi connectivity index (χ3n) is 2.57. The Kier molecular flexibility index (Phi) is 3.91. The Hall–Kier alpha value is -1.49. The Bertz CT molecular complexity index is 549. The molecule has 0 bridgehead atoms. The van der Waals surface area contributed by atoms with Gasteiger partial charge in [-0.15, -0.1) is 0 Å². The van der Waals surface area contributed by atoms with Crippen molar-refractivity contribution >= 4 is 21.7 Å². The molecule has 2 aromatic heterocycles. The molecule has 0 saturated heterocycles. The molecule has 4 nitrogen and oxygen atoms in total. The van der Waals surface area contributed by atoms with E-state index in [1.165, 1.54) is 0 Å². The number of rotatable bonds is 4. The van der Waals surface area contributed by atoms with E-state index in [0.29, 0.717) is 5.69 Å². The van der Waals surface area contributed by atoms with Gasteiger partial charge in [0.2, 0.25) is 0 Å². The molecule has 94 valence electrons. The fraction of sp³-hybridized carbons (Fsp3) is 0.308. The number of halogens is 1. The molecule has 0 aliphatic rings. The number of nitrogens with zero attached hydrogens (tertiary/aromatic N) is 3. The van der Waals surface area contributed by atoms with E-state index in [0.717, 1.165) is 10.2 Å². The molecule has 2 rings (SSSR count). The zero-order valence-corrected chi connectivity index (χ0v) is 11.9. The molecule has 18 heavy (non-hydrogen) atoms. The highest BCUT2D eigenvalue weighted by Gasteiger charge is 2.19. The average molecular weight is 308 g/mol. The minimum atomic E-state index is 0.0202. The maximum Gasteiger partial charge on any atom is 0.187 e. The zero-order chi connectivity index (χ0) is 13.1. The molecule has 2 aromatic rings. The number of hydrogen-bond acceptors (Lipinski definition) is 3. The number of aromatic nitrogens is 3. The van der Waals surface area contributed by atoms with Gasteiger partial charge < -0.3 is 0 Å². The largest absolute Gasteiger partial charge is 0.292 e. The van der Waals surface area contributed by atoms with Crippen LogP contribution < -0.4 is 0 Å². The highest BCUT2D eigenvalue weighted by molar-refractivity contribution is 9.10. The second-order valence-corrected chi connectivity index (χ2v) is 5.15. The second-order valence-electron chi connectivity index (χ2n) is 4.30. The SMILES string of the molecule is CC(C)n1ncc(Br)c1C(=O)Cc1ccccn1. The third kappa shape index (κ3) is 2.67. The van der Waals surface area contributed by atoms with E-state index >= 15 is 0 Å². The van der Waals surface area contributed by atoms with Crippen LogP contribution in [0.1, 0.15) is 36.1 Å². The zero-order valence-electron chi connectivity index (χ0n) is 10.3. The van der Waals surface area contributed by atoms with E-state index in [4.69, 9.17) is 0 Å². The molecule has 0 fully saturated rings. The molecule has 0 spiro atoms. The van der Waals surface area contributed by atoms with Crippen molar-refractivity contribution in [2.24, 2.45) is 0 Å². The first kappa shape index (κ1) is 13.0. The van der Waals surface area contributed by atoms with Crippen molar-refractivity contribution in [3.05, 3.63) is 46.5 Å². The molecule has 0 unspecified atom stereocenters. The summed E-state index contributed by atoms with van der Waals surface area (Å²) in [5, 5.41) is 4.21. The first-order valence-corrected chi connectivity index (χ1v) is 6.55. The lowest BCUT2D eigenvalue weighted by atomic mass is 10.1. The summed E-state index contributed by atoms with van der Waals surface area (Å²) in [5.41, 5.74) is 1.38. The lowest BCUT2D eigenvalue weighted by molar-refractivity contribution is 0.0979. The predicted octanol–water partition coefficient (Wildman–Crippen LogP) is 3.05. The Morgan fingerprint density at radius 2 is 2.22 bits per heavy atom. The van der Waals surface area contributed by atoms with Crippen molar-refractivity contribution in [3.8, 4) is 0 Å². The fourth-order valence-corrected chi connectivity index (χ4v) is 2.24. The van der Waals surface area contributed by atoms with Crippen molar-refractivity contribution < 1.29 is 4.79 Å². The highest BCUT2D eigenvalue weighted by Crippen LogP contribution is 2.21. The van der Waals surface area contributed by atoms with Crippen LogP contribution in [0.5, 0.6) is 0 Å². The Morgan fingerprint density at radius 1 is 1.44 bits per heavy atom. The molecule has 2 heterocycles. The van der Waals surface area contributed by atoms with Crippen molar-refractivity contribution in [2.75, 3.05) is 0 Å². The van der Waals surface area contributed by atoms with E-state index in [2.05, 4.69) is 26.0 Å². The van der Waals surface area contributed by atoms with Crippen molar-refractivity contribution in [1.29, 1.82) is 0 Å².